The molecule has 130 valence electrons. The maximum atomic E-state index is 10.9. The Kier molecular flexibility index (Phi) is 8.54. The summed E-state index contributed by atoms with van der Waals surface area (Å²) in [5.74, 6) is -0.745. The third-order valence-electron chi connectivity index (χ3n) is 4.64. The Morgan fingerprint density at radius 1 is 1.39 bits per heavy atom. The zero-order valence-corrected chi connectivity index (χ0v) is 16.1. The number of carbonyl (C=O) groups is 1. The van der Waals surface area contributed by atoms with Crippen LogP contribution >= 0.6 is 28.3 Å². The molecule has 1 aromatic rings. The molecular weight excluding hydrogens is 380 g/mol. The molecule has 0 saturated carbocycles. The van der Waals surface area contributed by atoms with Crippen LogP contribution < -0.4 is 0 Å². The molecule has 1 aromatic carbocycles. The summed E-state index contributed by atoms with van der Waals surface area (Å²) in [4.78, 5) is 15.4. The van der Waals surface area contributed by atoms with Crippen LogP contribution in [0.5, 0.6) is 0 Å². The van der Waals surface area contributed by atoms with Crippen molar-refractivity contribution in [2.75, 3.05) is 26.7 Å². The molecule has 0 bridgehead atoms. The minimum absolute atomic E-state index is 0. The van der Waals surface area contributed by atoms with Crippen LogP contribution in [-0.4, -0.2) is 53.6 Å². The van der Waals surface area contributed by atoms with Crippen molar-refractivity contribution in [1.82, 2.24) is 9.80 Å². The van der Waals surface area contributed by atoms with Gasteiger partial charge in [-0.1, -0.05) is 34.1 Å². The zero-order valence-electron chi connectivity index (χ0n) is 13.7. The number of halogens is 2. The van der Waals surface area contributed by atoms with E-state index in [-0.39, 0.29) is 19.0 Å². The number of benzene rings is 1. The molecule has 23 heavy (non-hydrogen) atoms. The molecule has 0 amide bonds. The number of carboxylic acids is 1. The highest BCUT2D eigenvalue weighted by molar-refractivity contribution is 9.10. The van der Waals surface area contributed by atoms with E-state index in [0.717, 1.165) is 36.8 Å². The SMILES string of the molecule is CC(c1ccccc1Br)N1CCCC(N(C)CC(=O)O)CC1.Cl. The van der Waals surface area contributed by atoms with Crippen molar-refractivity contribution in [3.05, 3.63) is 34.3 Å². The Labute approximate surface area is 153 Å². The van der Waals surface area contributed by atoms with Crippen molar-refractivity contribution < 1.29 is 9.90 Å². The minimum atomic E-state index is -0.745. The summed E-state index contributed by atoms with van der Waals surface area (Å²) < 4.78 is 1.16. The van der Waals surface area contributed by atoms with E-state index in [1.807, 2.05) is 18.0 Å². The van der Waals surface area contributed by atoms with Gasteiger partial charge in [-0.25, -0.2) is 0 Å². The molecule has 6 heteroatoms. The van der Waals surface area contributed by atoms with Gasteiger partial charge in [0.15, 0.2) is 0 Å². The molecule has 0 spiro atoms. The van der Waals surface area contributed by atoms with Gasteiger partial charge in [-0.05, 0) is 51.4 Å². The highest BCUT2D eigenvalue weighted by Crippen LogP contribution is 2.29. The number of likely N-dealkylation sites (N-methyl/N-ethyl adjacent to an activating group) is 1. The molecule has 1 heterocycles. The molecule has 4 nitrogen and oxygen atoms in total. The first-order chi connectivity index (χ1) is 10.5. The third-order valence-corrected chi connectivity index (χ3v) is 5.37. The average Bonchev–Trinajstić information content (AvgIpc) is 2.72. The van der Waals surface area contributed by atoms with Crippen LogP contribution in [0.4, 0.5) is 0 Å². The number of aliphatic carboxylic acids is 1. The summed E-state index contributed by atoms with van der Waals surface area (Å²) in [5.41, 5.74) is 1.32. The Morgan fingerprint density at radius 3 is 2.74 bits per heavy atom. The smallest absolute Gasteiger partial charge is 0.317 e. The van der Waals surface area contributed by atoms with Crippen LogP contribution in [0.1, 0.15) is 37.8 Å². The monoisotopic (exact) mass is 404 g/mol. The second-order valence-corrected chi connectivity index (χ2v) is 6.98. The van der Waals surface area contributed by atoms with Crippen molar-refractivity contribution in [2.24, 2.45) is 0 Å². The van der Waals surface area contributed by atoms with E-state index in [1.54, 1.807) is 0 Å². The van der Waals surface area contributed by atoms with Gasteiger partial charge in [-0.15, -0.1) is 12.4 Å². The molecular formula is C17H26BrClN2O2. The molecule has 0 aliphatic carbocycles. The fourth-order valence-electron chi connectivity index (χ4n) is 3.28. The van der Waals surface area contributed by atoms with Gasteiger partial charge in [0, 0.05) is 23.1 Å². The van der Waals surface area contributed by atoms with Crippen LogP contribution in [0.25, 0.3) is 0 Å². The summed E-state index contributed by atoms with van der Waals surface area (Å²) in [6, 6.07) is 9.13. The Morgan fingerprint density at radius 2 is 2.09 bits per heavy atom. The number of carboxylic acid groups (broad SMARTS) is 1. The van der Waals surface area contributed by atoms with Gasteiger partial charge in [0.05, 0.1) is 6.54 Å². The lowest BCUT2D eigenvalue weighted by atomic mass is 10.1. The van der Waals surface area contributed by atoms with Crippen molar-refractivity contribution in [3.8, 4) is 0 Å². The first kappa shape index (κ1) is 20.4. The first-order valence-corrected chi connectivity index (χ1v) is 8.69. The van der Waals surface area contributed by atoms with E-state index >= 15 is 0 Å². The van der Waals surface area contributed by atoms with Crippen LogP contribution in [0.2, 0.25) is 0 Å². The van der Waals surface area contributed by atoms with Gasteiger partial charge < -0.3 is 5.11 Å². The maximum Gasteiger partial charge on any atom is 0.317 e. The van der Waals surface area contributed by atoms with Gasteiger partial charge in [0.25, 0.3) is 0 Å². The van der Waals surface area contributed by atoms with E-state index < -0.39 is 5.97 Å². The minimum Gasteiger partial charge on any atom is -0.480 e. The van der Waals surface area contributed by atoms with Gasteiger partial charge >= 0.3 is 5.97 Å². The lowest BCUT2D eigenvalue weighted by Gasteiger charge is -2.29. The molecule has 0 radical (unpaired) electrons. The molecule has 2 unspecified atom stereocenters. The number of hydrogen-bond donors (Lipinski definition) is 1. The second-order valence-electron chi connectivity index (χ2n) is 6.13. The van der Waals surface area contributed by atoms with Crippen LogP contribution in [0, 0.1) is 0 Å². The number of nitrogens with zero attached hydrogens (tertiary/aromatic N) is 2. The van der Waals surface area contributed by atoms with E-state index in [9.17, 15) is 4.79 Å². The van der Waals surface area contributed by atoms with E-state index in [2.05, 4.69) is 46.0 Å². The van der Waals surface area contributed by atoms with Crippen molar-refractivity contribution in [3.63, 3.8) is 0 Å². The molecule has 2 atom stereocenters. The van der Waals surface area contributed by atoms with Crippen molar-refractivity contribution >= 4 is 34.3 Å². The average molecular weight is 406 g/mol. The standard InChI is InChI=1S/C17H25BrN2O2.ClH/c1-13(15-7-3-4-8-16(15)18)20-10-5-6-14(9-11-20)19(2)12-17(21)22;/h3-4,7-8,13-14H,5-6,9-12H2,1-2H3,(H,21,22);1H. The lowest BCUT2D eigenvalue weighted by molar-refractivity contribution is -0.138. The van der Waals surface area contributed by atoms with Crippen LogP contribution in [-0.2, 0) is 4.79 Å². The zero-order chi connectivity index (χ0) is 16.1. The van der Waals surface area contributed by atoms with Crippen LogP contribution in [0.15, 0.2) is 28.7 Å². The normalized spacial score (nSPS) is 20.6. The van der Waals surface area contributed by atoms with Gasteiger partial charge in [0.2, 0.25) is 0 Å². The van der Waals surface area contributed by atoms with E-state index in [4.69, 9.17) is 5.11 Å². The van der Waals surface area contributed by atoms with Gasteiger partial charge in [-0.2, -0.15) is 0 Å². The third kappa shape index (κ3) is 5.75. The Balaban J connectivity index is 0.00000264. The lowest BCUT2D eigenvalue weighted by Crippen LogP contribution is -2.36. The second kappa shape index (κ2) is 9.62. The summed E-state index contributed by atoms with van der Waals surface area (Å²) >= 11 is 3.65. The summed E-state index contributed by atoms with van der Waals surface area (Å²) in [6.07, 6.45) is 3.21. The van der Waals surface area contributed by atoms with Gasteiger partial charge in [-0.3, -0.25) is 14.6 Å². The number of likely N-dealkylation sites (tertiary alicyclic amines) is 1. The number of hydrogen-bond acceptors (Lipinski definition) is 3. The highest BCUT2D eigenvalue weighted by atomic mass is 79.9. The highest BCUT2D eigenvalue weighted by Gasteiger charge is 2.25. The summed E-state index contributed by atoms with van der Waals surface area (Å²) in [6.45, 7) is 4.46. The van der Waals surface area contributed by atoms with Gasteiger partial charge in [0.1, 0.15) is 0 Å². The maximum absolute atomic E-state index is 10.9. The molecule has 0 aromatic heterocycles. The molecule has 1 N–H and O–H groups in total. The topological polar surface area (TPSA) is 43.8 Å². The molecule has 2 rings (SSSR count). The Hall–Kier alpha value is -0.620. The quantitative estimate of drug-likeness (QED) is 0.809. The molecule has 1 aliphatic rings. The first-order valence-electron chi connectivity index (χ1n) is 7.89. The fraction of sp³-hybridized carbons (Fsp3) is 0.588. The number of rotatable bonds is 5. The van der Waals surface area contributed by atoms with Crippen LogP contribution in [0.3, 0.4) is 0 Å². The fourth-order valence-corrected chi connectivity index (χ4v) is 3.90. The molecule has 1 fully saturated rings. The Bertz CT molecular complexity index is 515. The van der Waals surface area contributed by atoms with E-state index in [1.165, 1.54) is 5.56 Å². The predicted octanol–water partition coefficient (Wildman–Crippen LogP) is 3.80. The van der Waals surface area contributed by atoms with Crippen molar-refractivity contribution in [2.45, 2.75) is 38.3 Å². The molecule has 1 aliphatic heterocycles. The predicted molar refractivity (Wildman–Crippen MR) is 99.3 cm³/mol. The van der Waals surface area contributed by atoms with E-state index in [0.29, 0.717) is 12.1 Å². The largest absolute Gasteiger partial charge is 0.480 e. The van der Waals surface area contributed by atoms with Crippen molar-refractivity contribution in [1.29, 1.82) is 0 Å². The summed E-state index contributed by atoms with van der Waals surface area (Å²) in [5, 5.41) is 8.95. The molecule has 1 saturated heterocycles. The summed E-state index contributed by atoms with van der Waals surface area (Å²) in [7, 11) is 1.92.